The van der Waals surface area contributed by atoms with Crippen LogP contribution < -0.4 is 5.32 Å². The molecule has 4 amide bonds. The topological polar surface area (TPSA) is 92.8 Å². The number of urea groups is 1. The first-order valence-electron chi connectivity index (χ1n) is 8.28. The lowest BCUT2D eigenvalue weighted by Crippen LogP contribution is -2.53. The van der Waals surface area contributed by atoms with Gasteiger partial charge in [0.25, 0.3) is 11.8 Å². The van der Waals surface area contributed by atoms with Crippen molar-refractivity contribution >= 4 is 35.5 Å². The van der Waals surface area contributed by atoms with Gasteiger partial charge in [0.2, 0.25) is 0 Å². The fourth-order valence-electron chi connectivity index (χ4n) is 2.77. The third kappa shape index (κ3) is 3.47. The summed E-state index contributed by atoms with van der Waals surface area (Å²) >= 11 is 5.99. The van der Waals surface area contributed by atoms with E-state index >= 15 is 0 Å². The molecular formula is C20H13ClN2O5. The maximum Gasteiger partial charge on any atom is 0.331 e. The molecule has 7 nitrogen and oxygen atoms in total. The second-order valence-electron chi connectivity index (χ2n) is 6.00. The Balaban J connectivity index is 1.62. The molecule has 1 fully saturated rings. The van der Waals surface area contributed by atoms with Crippen LogP contribution in [-0.4, -0.2) is 22.7 Å². The summed E-state index contributed by atoms with van der Waals surface area (Å²) in [4.78, 5) is 37.8. The van der Waals surface area contributed by atoms with E-state index in [1.165, 1.54) is 12.3 Å². The van der Waals surface area contributed by atoms with Crippen LogP contribution in [0.1, 0.15) is 11.5 Å². The number of benzene rings is 1. The number of hydrogen-bond acceptors (Lipinski definition) is 5. The van der Waals surface area contributed by atoms with Gasteiger partial charge in [-0.1, -0.05) is 23.7 Å². The minimum atomic E-state index is -0.803. The average Bonchev–Trinajstić information content (AvgIpc) is 3.34. The van der Waals surface area contributed by atoms with Crippen molar-refractivity contribution in [3.63, 3.8) is 0 Å². The van der Waals surface area contributed by atoms with E-state index in [1.54, 1.807) is 42.5 Å². The van der Waals surface area contributed by atoms with E-state index in [9.17, 15) is 14.4 Å². The van der Waals surface area contributed by atoms with Crippen LogP contribution in [0.4, 0.5) is 4.79 Å². The van der Waals surface area contributed by atoms with Crippen molar-refractivity contribution in [3.8, 4) is 11.3 Å². The molecule has 0 atom stereocenters. The average molecular weight is 397 g/mol. The molecule has 0 aliphatic carbocycles. The molecule has 0 saturated carbocycles. The number of nitrogens with one attached hydrogen (secondary N) is 1. The molecular weight excluding hydrogens is 384 g/mol. The molecule has 1 aliphatic heterocycles. The zero-order chi connectivity index (χ0) is 19.7. The molecule has 1 aromatic carbocycles. The summed E-state index contributed by atoms with van der Waals surface area (Å²) in [7, 11) is 0. The number of imide groups is 2. The number of nitrogens with zero attached hydrogens (tertiary/aromatic N) is 1. The van der Waals surface area contributed by atoms with Gasteiger partial charge in [0.15, 0.2) is 0 Å². The molecule has 3 heterocycles. The molecule has 3 aromatic rings. The van der Waals surface area contributed by atoms with Gasteiger partial charge < -0.3 is 8.83 Å². The molecule has 1 saturated heterocycles. The van der Waals surface area contributed by atoms with Gasteiger partial charge in [-0.05, 0) is 42.5 Å². The Morgan fingerprint density at radius 3 is 2.68 bits per heavy atom. The van der Waals surface area contributed by atoms with Crippen LogP contribution in [0.15, 0.2) is 69.2 Å². The van der Waals surface area contributed by atoms with E-state index in [2.05, 4.69) is 5.32 Å². The maximum atomic E-state index is 12.7. The number of barbiturate groups is 1. The fourth-order valence-corrected chi connectivity index (χ4v) is 2.96. The van der Waals surface area contributed by atoms with Gasteiger partial charge in [-0.25, -0.2) is 4.79 Å². The minimum absolute atomic E-state index is 0.0891. The van der Waals surface area contributed by atoms with Crippen molar-refractivity contribution < 1.29 is 23.2 Å². The number of rotatable bonds is 4. The summed E-state index contributed by atoms with van der Waals surface area (Å²) in [6.07, 6.45) is 2.73. The first-order valence-corrected chi connectivity index (χ1v) is 8.66. The highest BCUT2D eigenvalue weighted by Crippen LogP contribution is 2.26. The minimum Gasteiger partial charge on any atom is -0.467 e. The van der Waals surface area contributed by atoms with Gasteiger partial charge in [0.05, 0.1) is 12.8 Å². The predicted molar refractivity (Wildman–Crippen MR) is 99.9 cm³/mol. The van der Waals surface area contributed by atoms with Crippen LogP contribution in [0, 0.1) is 0 Å². The van der Waals surface area contributed by atoms with E-state index in [4.69, 9.17) is 20.4 Å². The van der Waals surface area contributed by atoms with Crippen LogP contribution in [0.5, 0.6) is 0 Å². The molecule has 0 unspecified atom stereocenters. The van der Waals surface area contributed by atoms with Crippen molar-refractivity contribution in [1.29, 1.82) is 0 Å². The third-order valence-electron chi connectivity index (χ3n) is 4.10. The first-order chi connectivity index (χ1) is 13.5. The van der Waals surface area contributed by atoms with Crippen molar-refractivity contribution in [2.45, 2.75) is 6.54 Å². The molecule has 1 N–H and O–H groups in total. The van der Waals surface area contributed by atoms with Gasteiger partial charge in [0.1, 0.15) is 22.9 Å². The summed E-state index contributed by atoms with van der Waals surface area (Å²) in [5, 5.41) is 2.70. The van der Waals surface area contributed by atoms with Crippen LogP contribution in [0.2, 0.25) is 5.02 Å². The zero-order valence-electron chi connectivity index (χ0n) is 14.3. The number of amides is 4. The Morgan fingerprint density at radius 1 is 1.07 bits per heavy atom. The lowest BCUT2D eigenvalue weighted by atomic mass is 10.1. The summed E-state index contributed by atoms with van der Waals surface area (Å²) in [5.74, 6) is -0.280. The van der Waals surface area contributed by atoms with E-state index in [0.717, 1.165) is 10.5 Å². The molecule has 140 valence electrons. The van der Waals surface area contributed by atoms with Gasteiger partial charge in [0, 0.05) is 10.6 Å². The van der Waals surface area contributed by atoms with Crippen molar-refractivity contribution in [3.05, 3.63) is 76.9 Å². The first kappa shape index (κ1) is 17.8. The molecule has 0 radical (unpaired) electrons. The van der Waals surface area contributed by atoms with Crippen LogP contribution in [0.25, 0.3) is 17.4 Å². The van der Waals surface area contributed by atoms with E-state index in [-0.39, 0.29) is 12.1 Å². The molecule has 0 spiro atoms. The number of carbonyl (C=O) groups is 3. The Hall–Kier alpha value is -3.58. The van der Waals surface area contributed by atoms with E-state index in [0.29, 0.717) is 22.3 Å². The summed E-state index contributed by atoms with van der Waals surface area (Å²) in [5.41, 5.74) is 0.546. The van der Waals surface area contributed by atoms with Crippen LogP contribution in [0.3, 0.4) is 0 Å². The van der Waals surface area contributed by atoms with Gasteiger partial charge in [-0.2, -0.15) is 0 Å². The lowest BCUT2D eigenvalue weighted by molar-refractivity contribution is -0.130. The molecule has 2 aromatic heterocycles. The second-order valence-corrected chi connectivity index (χ2v) is 6.44. The molecule has 0 bridgehead atoms. The fraction of sp³-hybridized carbons (Fsp3) is 0.0500. The molecule has 8 heteroatoms. The second kappa shape index (κ2) is 7.21. The lowest BCUT2D eigenvalue weighted by Gasteiger charge is -2.25. The van der Waals surface area contributed by atoms with Crippen molar-refractivity contribution in [1.82, 2.24) is 10.2 Å². The molecule has 4 rings (SSSR count). The van der Waals surface area contributed by atoms with Gasteiger partial charge >= 0.3 is 6.03 Å². The predicted octanol–water partition coefficient (Wildman–Crippen LogP) is 3.86. The van der Waals surface area contributed by atoms with Crippen LogP contribution >= 0.6 is 11.6 Å². The van der Waals surface area contributed by atoms with Gasteiger partial charge in [-0.15, -0.1) is 0 Å². The maximum absolute atomic E-state index is 12.7. The Bertz CT molecular complexity index is 1100. The normalized spacial score (nSPS) is 16.0. The Morgan fingerprint density at radius 2 is 1.93 bits per heavy atom. The van der Waals surface area contributed by atoms with E-state index < -0.39 is 17.8 Å². The molecule has 1 aliphatic rings. The van der Waals surface area contributed by atoms with Crippen molar-refractivity contribution in [2.75, 3.05) is 0 Å². The highest BCUT2D eigenvalue weighted by atomic mass is 35.5. The quantitative estimate of drug-likeness (QED) is 0.534. The summed E-state index contributed by atoms with van der Waals surface area (Å²) in [6.45, 7) is -0.0891. The van der Waals surface area contributed by atoms with E-state index in [1.807, 2.05) is 6.07 Å². The molecule has 28 heavy (non-hydrogen) atoms. The highest BCUT2D eigenvalue weighted by Gasteiger charge is 2.36. The standard InChI is InChI=1S/C20H13ClN2O5/c21-13-4-1-3-12(9-13)17-7-6-14(28-17)10-16-18(24)22-20(26)23(19(16)25)11-15-5-2-8-27-15/h1-10H,11H2,(H,22,24,26)/b16-10-. The summed E-state index contributed by atoms with van der Waals surface area (Å²) < 4.78 is 10.9. The summed E-state index contributed by atoms with van der Waals surface area (Å²) in [6, 6.07) is 12.9. The number of furan rings is 2. The zero-order valence-corrected chi connectivity index (χ0v) is 15.1. The third-order valence-corrected chi connectivity index (χ3v) is 4.34. The smallest absolute Gasteiger partial charge is 0.331 e. The van der Waals surface area contributed by atoms with Crippen LogP contribution in [-0.2, 0) is 16.1 Å². The SMILES string of the molecule is O=C1NC(=O)N(Cc2ccco2)C(=O)/C1=C\c1ccc(-c2cccc(Cl)c2)o1. The van der Waals surface area contributed by atoms with Crippen molar-refractivity contribution in [2.24, 2.45) is 0 Å². The Kier molecular flexibility index (Phi) is 4.58. The number of hydrogen-bond donors (Lipinski definition) is 1. The highest BCUT2D eigenvalue weighted by molar-refractivity contribution is 6.31. The van der Waals surface area contributed by atoms with Gasteiger partial charge in [-0.3, -0.25) is 19.8 Å². The number of carbonyl (C=O) groups excluding carboxylic acids is 3. The number of halogens is 1. The largest absolute Gasteiger partial charge is 0.467 e. The monoisotopic (exact) mass is 396 g/mol. The Labute approximate surface area is 164 Å².